The van der Waals surface area contributed by atoms with Gasteiger partial charge < -0.3 is 25.6 Å². The van der Waals surface area contributed by atoms with Crippen molar-refractivity contribution in [3.05, 3.63) is 53.6 Å². The zero-order valence-electron chi connectivity index (χ0n) is 29.2. The van der Waals surface area contributed by atoms with Crippen LogP contribution in [-0.4, -0.2) is 65.7 Å². The molecule has 5 rings (SSSR count). The molecule has 3 fully saturated rings. The van der Waals surface area contributed by atoms with Gasteiger partial charge in [-0.15, -0.1) is 0 Å². The van der Waals surface area contributed by atoms with Crippen molar-refractivity contribution in [2.24, 2.45) is 40.2 Å². The van der Waals surface area contributed by atoms with Crippen molar-refractivity contribution >= 4 is 29.1 Å². The Morgan fingerprint density at radius 1 is 1.15 bits per heavy atom. The lowest BCUT2D eigenvalue weighted by Gasteiger charge is -2.63. The van der Waals surface area contributed by atoms with Crippen LogP contribution in [0.15, 0.2) is 48.1 Å². The molecule has 1 amide bonds. The van der Waals surface area contributed by atoms with Gasteiger partial charge in [0, 0.05) is 29.5 Å². The fourth-order valence-corrected chi connectivity index (χ4v) is 9.90. The fraction of sp³-hybridized carbons (Fsp3) is 0.632. The molecule has 48 heavy (non-hydrogen) atoms. The summed E-state index contributed by atoms with van der Waals surface area (Å²) in [6.07, 6.45) is 4.50. The molecule has 0 spiro atoms. The Balaban J connectivity index is 1.31. The first-order chi connectivity index (χ1) is 22.5. The van der Waals surface area contributed by atoms with Gasteiger partial charge in [-0.1, -0.05) is 64.5 Å². The summed E-state index contributed by atoms with van der Waals surface area (Å²) in [4.78, 5) is 52.1. The minimum absolute atomic E-state index is 0.0206. The number of benzene rings is 1. The van der Waals surface area contributed by atoms with Gasteiger partial charge in [0.1, 0.15) is 5.60 Å². The fourth-order valence-electron chi connectivity index (χ4n) is 9.90. The maximum absolute atomic E-state index is 17.6. The molecule has 4 N–H and O–H groups in total. The third-order valence-electron chi connectivity index (χ3n) is 12.5. The number of rotatable bonds is 10. The molecule has 4 aliphatic rings. The van der Waals surface area contributed by atoms with Crippen LogP contribution in [0.4, 0.5) is 10.1 Å². The predicted octanol–water partition coefficient (Wildman–Crippen LogP) is 5.22. The highest BCUT2D eigenvalue weighted by Gasteiger charge is 2.76. The number of hydrogen-bond acceptors (Lipinski definition) is 8. The average Bonchev–Trinajstić information content (AvgIpc) is 3.26. The summed E-state index contributed by atoms with van der Waals surface area (Å²) in [6, 6.07) is 6.50. The molecule has 4 aliphatic carbocycles. The number of hydrogen-bond donors (Lipinski definition) is 3. The molecule has 0 radical (unpaired) electrons. The molecule has 0 saturated heterocycles. The quantitative estimate of drug-likeness (QED) is 0.289. The van der Waals surface area contributed by atoms with Crippen molar-refractivity contribution in [1.82, 2.24) is 0 Å². The Kier molecular flexibility index (Phi) is 9.71. The first-order valence-corrected chi connectivity index (χ1v) is 17.2. The Morgan fingerprint density at radius 2 is 1.83 bits per heavy atom. The first kappa shape index (κ1) is 36.1. The number of Topliss-reactive ketones (excluding diaryl/α,β-unsaturated/α-hetero) is 1. The van der Waals surface area contributed by atoms with E-state index >= 15 is 4.39 Å². The Labute approximate surface area is 282 Å². The summed E-state index contributed by atoms with van der Waals surface area (Å²) in [5.41, 5.74) is 2.51. The van der Waals surface area contributed by atoms with Gasteiger partial charge in [0.25, 0.3) is 0 Å². The minimum atomic E-state index is -2.02. The van der Waals surface area contributed by atoms with E-state index in [0.29, 0.717) is 30.5 Å². The van der Waals surface area contributed by atoms with Gasteiger partial charge in [-0.05, 0) is 80.1 Å². The number of para-hydroxylation sites is 1. The number of nitrogens with two attached hydrogens (primary N) is 1. The summed E-state index contributed by atoms with van der Waals surface area (Å²) < 4.78 is 29.3. The topological polar surface area (TPSA) is 145 Å². The molecule has 0 heterocycles. The Bertz CT molecular complexity index is 1540. The summed E-state index contributed by atoms with van der Waals surface area (Å²) in [7, 11) is 1.46. The smallest absolute Gasteiger partial charge is 0.306 e. The number of ether oxygens (including phenoxy) is 2. The van der Waals surface area contributed by atoms with Crippen molar-refractivity contribution in [3.8, 4) is 0 Å². The van der Waals surface area contributed by atoms with E-state index in [1.54, 1.807) is 25.1 Å². The lowest BCUT2D eigenvalue weighted by atomic mass is 9.44. The van der Waals surface area contributed by atoms with E-state index in [0.717, 1.165) is 5.56 Å². The number of anilines is 1. The van der Waals surface area contributed by atoms with Gasteiger partial charge in [0.15, 0.2) is 18.1 Å². The largest absolute Gasteiger partial charge is 0.458 e. The van der Waals surface area contributed by atoms with Gasteiger partial charge in [0.2, 0.25) is 11.7 Å². The first-order valence-electron chi connectivity index (χ1n) is 17.2. The van der Waals surface area contributed by atoms with Crippen molar-refractivity contribution < 1.29 is 38.1 Å². The van der Waals surface area contributed by atoms with Crippen LogP contribution in [0.1, 0.15) is 85.1 Å². The zero-order valence-corrected chi connectivity index (χ0v) is 29.2. The summed E-state index contributed by atoms with van der Waals surface area (Å²) in [5.74, 6) is -3.08. The number of ketones is 2. The van der Waals surface area contributed by atoms with Crippen LogP contribution in [0.5, 0.6) is 0 Å². The molecule has 10 atom stereocenters. The van der Waals surface area contributed by atoms with Crippen LogP contribution < -0.4 is 11.1 Å². The number of amides is 1. The highest BCUT2D eigenvalue weighted by Crippen LogP contribution is 2.71. The number of alkyl halides is 1. The van der Waals surface area contributed by atoms with Gasteiger partial charge in [0.05, 0.1) is 18.6 Å². The van der Waals surface area contributed by atoms with Crippen LogP contribution in [0.3, 0.4) is 0 Å². The Morgan fingerprint density at radius 3 is 2.50 bits per heavy atom. The number of carbonyl (C=O) groups is 4. The highest BCUT2D eigenvalue weighted by atomic mass is 19.1. The second-order valence-corrected chi connectivity index (χ2v) is 15.4. The monoisotopic (exact) mass is 666 g/mol. The summed E-state index contributed by atoms with van der Waals surface area (Å²) in [6.45, 7) is 10.6. The third-order valence-corrected chi connectivity index (χ3v) is 12.5. The number of methoxy groups -OCH3 is 1. The summed E-state index contributed by atoms with van der Waals surface area (Å²) >= 11 is 0. The number of nitrogens with one attached hydrogen (secondary N) is 1. The van der Waals surface area contributed by atoms with E-state index in [1.807, 2.05) is 46.8 Å². The van der Waals surface area contributed by atoms with Gasteiger partial charge in [-0.3, -0.25) is 19.2 Å². The second kappa shape index (κ2) is 12.9. The molecular weight excluding hydrogens is 615 g/mol. The number of halogens is 1. The van der Waals surface area contributed by atoms with Crippen molar-refractivity contribution in [1.29, 1.82) is 0 Å². The van der Waals surface area contributed by atoms with Gasteiger partial charge in [-0.2, -0.15) is 0 Å². The molecule has 0 bridgehead atoms. The molecule has 0 aromatic heterocycles. The number of fused-ring (bicyclic) bond motifs is 5. The minimum Gasteiger partial charge on any atom is -0.458 e. The van der Waals surface area contributed by atoms with Crippen LogP contribution in [-0.2, 0) is 28.7 Å². The SMILES string of the molecule is CO[C@]1(C(=O)COC(=O)CC(C)c2ccccc2NC(=O)[C@@H](N)C(C)C)[C@H](C)C[C@H]2[C@@H]3CCC4=CC(=O)C=C[C@]4(C)[C@@]3(F)[C@@H](O)C[C@@]21C. The molecular formula is C38H51FN2O7. The van der Waals surface area contributed by atoms with Gasteiger partial charge in [-0.25, -0.2) is 4.39 Å². The normalized spacial score (nSPS) is 36.7. The molecule has 1 aromatic rings. The number of allylic oxidation sites excluding steroid dienone is 4. The second-order valence-electron chi connectivity index (χ2n) is 15.4. The van der Waals surface area contributed by atoms with Gasteiger partial charge >= 0.3 is 5.97 Å². The number of esters is 1. The molecule has 3 saturated carbocycles. The highest BCUT2D eigenvalue weighted by molar-refractivity contribution is 6.01. The molecule has 1 aromatic carbocycles. The van der Waals surface area contributed by atoms with E-state index in [2.05, 4.69) is 5.32 Å². The number of aliphatic hydroxyl groups is 1. The molecule has 1 unspecified atom stereocenters. The molecule has 262 valence electrons. The van der Waals surface area contributed by atoms with E-state index in [-0.39, 0.29) is 48.2 Å². The lowest BCUT2D eigenvalue weighted by molar-refractivity contribution is -0.224. The lowest BCUT2D eigenvalue weighted by Crippen LogP contribution is -2.69. The third kappa shape index (κ3) is 5.39. The molecule has 9 nitrogen and oxygen atoms in total. The standard InChI is InChI=1S/C38H51FN2O7/c1-21(2)33(40)34(46)41-29-11-9-8-10-26(29)22(3)16-32(45)48-20-31(44)38(47-7)23(4)17-28-27-13-12-24-18-25(42)14-15-35(24,5)37(27,39)30(43)19-36(28,38)6/h8-11,14-15,18,21-23,27-28,30,33,43H,12-13,16-17,19-20,40H2,1-7H3,(H,41,46)/t22?,23-,27+,28+,30+,33+,35+,36+,37+,38+/m1/s1. The number of carbonyl (C=O) groups excluding carboxylic acids is 4. The molecule has 10 heteroatoms. The van der Waals surface area contributed by atoms with E-state index in [4.69, 9.17) is 15.2 Å². The van der Waals surface area contributed by atoms with E-state index in [1.165, 1.54) is 19.3 Å². The van der Waals surface area contributed by atoms with Crippen molar-refractivity contribution in [2.75, 3.05) is 19.0 Å². The van der Waals surface area contributed by atoms with Crippen LogP contribution in [0.2, 0.25) is 0 Å². The van der Waals surface area contributed by atoms with E-state index in [9.17, 15) is 24.3 Å². The van der Waals surface area contributed by atoms with Crippen molar-refractivity contribution in [3.63, 3.8) is 0 Å². The zero-order chi connectivity index (χ0) is 35.4. The van der Waals surface area contributed by atoms with Crippen LogP contribution in [0.25, 0.3) is 0 Å². The molecule has 0 aliphatic heterocycles. The Hall–Kier alpha value is -3.21. The van der Waals surface area contributed by atoms with Crippen LogP contribution >= 0.6 is 0 Å². The van der Waals surface area contributed by atoms with Crippen molar-refractivity contribution in [2.45, 2.75) is 103 Å². The van der Waals surface area contributed by atoms with Crippen LogP contribution in [0, 0.1) is 34.5 Å². The maximum Gasteiger partial charge on any atom is 0.306 e. The predicted molar refractivity (Wildman–Crippen MR) is 180 cm³/mol. The average molecular weight is 667 g/mol. The van der Waals surface area contributed by atoms with E-state index < -0.39 is 58.5 Å². The number of aliphatic hydroxyl groups excluding tert-OH is 1. The maximum atomic E-state index is 17.6. The summed E-state index contributed by atoms with van der Waals surface area (Å²) in [5, 5.41) is 14.6.